The zero-order chi connectivity index (χ0) is 22.5. The van der Waals surface area contributed by atoms with Crippen LogP contribution in [-0.2, 0) is 14.8 Å². The highest BCUT2D eigenvalue weighted by atomic mass is 32.2. The number of fused-ring (bicyclic) bond motifs is 4. The summed E-state index contributed by atoms with van der Waals surface area (Å²) in [5.41, 5.74) is 1.71. The van der Waals surface area contributed by atoms with Crippen molar-refractivity contribution >= 4 is 54.9 Å². The van der Waals surface area contributed by atoms with Gasteiger partial charge in [0, 0.05) is 43.5 Å². The van der Waals surface area contributed by atoms with Gasteiger partial charge in [-0.2, -0.15) is 0 Å². The largest absolute Gasteiger partial charge is 0.450 e. The summed E-state index contributed by atoms with van der Waals surface area (Å²) in [6.45, 7) is 1.29. The maximum Gasteiger partial charge on any atom is 0.229 e. The second kappa shape index (κ2) is 7.24. The van der Waals surface area contributed by atoms with Crippen molar-refractivity contribution in [3.63, 3.8) is 0 Å². The first kappa shape index (κ1) is 20.6. The van der Waals surface area contributed by atoms with Crippen molar-refractivity contribution in [3.05, 3.63) is 46.6 Å². The van der Waals surface area contributed by atoms with Crippen LogP contribution in [0.15, 0.2) is 45.6 Å². The van der Waals surface area contributed by atoms with E-state index < -0.39 is 21.4 Å². The first-order valence-electron chi connectivity index (χ1n) is 9.31. The molecule has 0 spiro atoms. The Kier molecular flexibility index (Phi) is 4.81. The van der Waals surface area contributed by atoms with Gasteiger partial charge in [-0.05, 0) is 18.2 Å². The van der Waals surface area contributed by atoms with Gasteiger partial charge in [0.25, 0.3) is 0 Å². The van der Waals surface area contributed by atoms with Crippen LogP contribution < -0.4 is 20.4 Å². The van der Waals surface area contributed by atoms with Crippen molar-refractivity contribution in [2.75, 3.05) is 35.3 Å². The predicted octanol–water partition coefficient (Wildman–Crippen LogP) is 2.84. The fourth-order valence-electron chi connectivity index (χ4n) is 3.43. The van der Waals surface area contributed by atoms with Gasteiger partial charge in [-0.25, -0.2) is 13.4 Å². The average Bonchev–Trinajstić information content (AvgIpc) is 2.68. The summed E-state index contributed by atoms with van der Waals surface area (Å²) in [5, 5.41) is 3.04. The van der Waals surface area contributed by atoms with Gasteiger partial charge in [0.2, 0.25) is 21.4 Å². The van der Waals surface area contributed by atoms with E-state index in [9.17, 15) is 18.0 Å². The van der Waals surface area contributed by atoms with E-state index >= 15 is 0 Å². The van der Waals surface area contributed by atoms with Gasteiger partial charge in [-0.3, -0.25) is 14.3 Å². The lowest BCUT2D eigenvalue weighted by atomic mass is 10.0. The highest BCUT2D eigenvalue weighted by Gasteiger charge is 2.25. The third-order valence-corrected chi connectivity index (χ3v) is 5.31. The van der Waals surface area contributed by atoms with Gasteiger partial charge >= 0.3 is 0 Å². The number of amides is 1. The maximum atomic E-state index is 13.2. The Balaban J connectivity index is 2.19. The molecule has 2 aromatic carbocycles. The Morgan fingerprint density at radius 2 is 1.90 bits per heavy atom. The molecule has 160 valence electrons. The van der Waals surface area contributed by atoms with E-state index in [-0.39, 0.29) is 28.2 Å². The molecule has 1 amide bonds. The van der Waals surface area contributed by atoms with Crippen LogP contribution in [0.5, 0.6) is 0 Å². The van der Waals surface area contributed by atoms with Crippen molar-refractivity contribution < 1.29 is 17.6 Å². The van der Waals surface area contributed by atoms with Crippen molar-refractivity contribution in [3.8, 4) is 11.5 Å². The monoisotopic (exact) mass is 440 g/mol. The summed E-state index contributed by atoms with van der Waals surface area (Å²) in [5.74, 6) is -0.376. The lowest BCUT2D eigenvalue weighted by Crippen LogP contribution is -2.19. The number of carbonyl (C=O) groups excluding carboxylic acids is 1. The zero-order valence-corrected chi connectivity index (χ0v) is 18.1. The first-order chi connectivity index (χ1) is 14.5. The Bertz CT molecular complexity index is 1490. The number of carbonyl (C=O) groups is 1. The van der Waals surface area contributed by atoms with Crippen molar-refractivity contribution in [1.82, 2.24) is 4.98 Å². The standard InChI is InChI=1S/C21H20N4O5S/c1-11(26)22-19-20(27)13-6-5-7-15(24-31(4,28)29)17(13)18-21(19)30-16-10-12(25(2)3)8-9-14(16)23-18/h5-10,24H,1-4H3,(H,22,26). The van der Waals surface area contributed by atoms with E-state index in [2.05, 4.69) is 15.0 Å². The summed E-state index contributed by atoms with van der Waals surface area (Å²) in [7, 11) is 0.137. The summed E-state index contributed by atoms with van der Waals surface area (Å²) in [6, 6.07) is 10.1. The lowest BCUT2D eigenvalue weighted by molar-refractivity contribution is -0.114. The third kappa shape index (κ3) is 3.77. The number of hydrogen-bond donors (Lipinski definition) is 2. The van der Waals surface area contributed by atoms with E-state index in [1.807, 2.05) is 25.1 Å². The summed E-state index contributed by atoms with van der Waals surface area (Å²) < 4.78 is 32.3. The van der Waals surface area contributed by atoms with Crippen LogP contribution >= 0.6 is 0 Å². The normalized spacial score (nSPS) is 11.7. The fourth-order valence-corrected chi connectivity index (χ4v) is 4.00. The first-order valence-corrected chi connectivity index (χ1v) is 11.2. The van der Waals surface area contributed by atoms with E-state index in [1.54, 1.807) is 30.3 Å². The number of sulfonamides is 1. The van der Waals surface area contributed by atoms with Gasteiger partial charge in [0.15, 0.2) is 11.3 Å². The van der Waals surface area contributed by atoms with Crippen LogP contribution in [0.4, 0.5) is 17.1 Å². The van der Waals surface area contributed by atoms with Crippen molar-refractivity contribution in [1.29, 1.82) is 0 Å². The molecule has 0 unspecified atom stereocenters. The number of nitrogens with one attached hydrogen (secondary N) is 2. The van der Waals surface area contributed by atoms with Crippen LogP contribution in [0.3, 0.4) is 0 Å². The van der Waals surface area contributed by atoms with Gasteiger partial charge in [-0.15, -0.1) is 0 Å². The van der Waals surface area contributed by atoms with E-state index in [4.69, 9.17) is 4.42 Å². The predicted molar refractivity (Wildman–Crippen MR) is 122 cm³/mol. The van der Waals surface area contributed by atoms with Crippen molar-refractivity contribution in [2.45, 2.75) is 6.92 Å². The van der Waals surface area contributed by atoms with Crippen LogP contribution in [0.2, 0.25) is 0 Å². The molecule has 2 N–H and O–H groups in total. The third-order valence-electron chi connectivity index (χ3n) is 4.72. The van der Waals surface area contributed by atoms with Crippen LogP contribution in [0.25, 0.3) is 33.3 Å². The Morgan fingerprint density at radius 1 is 1.16 bits per heavy atom. The van der Waals surface area contributed by atoms with Gasteiger partial charge < -0.3 is 14.6 Å². The number of benzene rings is 3. The summed E-state index contributed by atoms with van der Waals surface area (Å²) in [4.78, 5) is 31.6. The van der Waals surface area contributed by atoms with Crippen LogP contribution in [0.1, 0.15) is 6.92 Å². The maximum absolute atomic E-state index is 13.2. The van der Waals surface area contributed by atoms with Crippen LogP contribution in [0, 0.1) is 0 Å². The molecule has 10 heteroatoms. The number of hydrogen-bond acceptors (Lipinski definition) is 7. The van der Waals surface area contributed by atoms with E-state index in [0.717, 1.165) is 11.9 Å². The highest BCUT2D eigenvalue weighted by molar-refractivity contribution is 7.92. The SMILES string of the molecule is CC(=O)Nc1c2oc3cc(N(C)C)ccc3nc-2c2c(NS(C)(=O)=O)cccc2c1=O. The van der Waals surface area contributed by atoms with Gasteiger partial charge in [0.1, 0.15) is 16.9 Å². The molecule has 0 fully saturated rings. The Morgan fingerprint density at radius 3 is 2.55 bits per heavy atom. The van der Waals surface area contributed by atoms with E-state index in [0.29, 0.717) is 16.5 Å². The molecule has 0 radical (unpaired) electrons. The molecule has 2 aliphatic rings. The summed E-state index contributed by atoms with van der Waals surface area (Å²) in [6.07, 6.45) is 1.02. The second-order valence-corrected chi connectivity index (χ2v) is 9.17. The van der Waals surface area contributed by atoms with Gasteiger partial charge in [0.05, 0.1) is 11.9 Å². The second-order valence-electron chi connectivity index (χ2n) is 7.43. The number of anilines is 3. The van der Waals surface area contributed by atoms with E-state index in [1.165, 1.54) is 6.92 Å². The molecule has 9 nitrogen and oxygen atoms in total. The molecule has 0 saturated carbocycles. The minimum Gasteiger partial charge on any atom is -0.450 e. The molecule has 31 heavy (non-hydrogen) atoms. The number of nitrogens with zero attached hydrogens (tertiary/aromatic N) is 2. The Hall–Kier alpha value is -3.66. The molecule has 0 atom stereocenters. The molecule has 4 rings (SSSR count). The van der Waals surface area contributed by atoms with Crippen LogP contribution in [-0.4, -0.2) is 39.7 Å². The molecule has 1 heterocycles. The van der Waals surface area contributed by atoms with Crippen molar-refractivity contribution in [2.24, 2.45) is 0 Å². The number of rotatable bonds is 4. The smallest absolute Gasteiger partial charge is 0.229 e. The minimum absolute atomic E-state index is 0.0452. The molecule has 0 saturated heterocycles. The minimum atomic E-state index is -3.62. The molecular weight excluding hydrogens is 420 g/mol. The zero-order valence-electron chi connectivity index (χ0n) is 17.3. The molecule has 0 bridgehead atoms. The topological polar surface area (TPSA) is 122 Å². The molecule has 1 aliphatic carbocycles. The molecule has 1 aliphatic heterocycles. The highest BCUT2D eigenvalue weighted by Crippen LogP contribution is 2.39. The Labute approximate surface area is 178 Å². The molecule has 2 aromatic rings. The quantitative estimate of drug-likeness (QED) is 0.370. The number of aromatic nitrogens is 1. The lowest BCUT2D eigenvalue weighted by Gasteiger charge is -2.18. The fraction of sp³-hybridized carbons (Fsp3) is 0.190. The molecule has 0 aromatic heterocycles. The van der Waals surface area contributed by atoms with Gasteiger partial charge in [-0.1, -0.05) is 12.1 Å². The summed E-state index contributed by atoms with van der Waals surface area (Å²) >= 11 is 0. The molecular formula is C21H20N4O5S. The average molecular weight is 440 g/mol.